The molecule has 0 fully saturated rings. The fraction of sp³-hybridized carbons (Fsp3) is 0.0435. The van der Waals surface area contributed by atoms with Crippen molar-refractivity contribution in [2.45, 2.75) is 6.92 Å². The fourth-order valence-electron chi connectivity index (χ4n) is 3.71. The number of nitrogens with zero attached hydrogens (tertiary/aromatic N) is 6. The molecule has 2 N–H and O–H groups in total. The van der Waals surface area contributed by atoms with Gasteiger partial charge in [-0.1, -0.05) is 29.8 Å². The number of aromatic nitrogens is 8. The summed E-state index contributed by atoms with van der Waals surface area (Å²) in [6.45, 7) is 2.08. The highest BCUT2D eigenvalue weighted by Crippen LogP contribution is 2.31. The van der Waals surface area contributed by atoms with Crippen molar-refractivity contribution in [1.82, 2.24) is 40.1 Å². The van der Waals surface area contributed by atoms with Crippen LogP contribution in [0.2, 0.25) is 0 Å². The third-order valence-electron chi connectivity index (χ3n) is 5.17. The monoisotopic (exact) mass is 404 g/mol. The van der Waals surface area contributed by atoms with Crippen LogP contribution < -0.4 is 0 Å². The van der Waals surface area contributed by atoms with Crippen molar-refractivity contribution in [1.29, 1.82) is 0 Å². The lowest BCUT2D eigenvalue weighted by Crippen LogP contribution is -1.89. The van der Waals surface area contributed by atoms with Crippen molar-refractivity contribution >= 4 is 22.2 Å². The minimum Gasteiger partial charge on any atom is -0.321 e. The smallest absolute Gasteiger partial charge is 0.162 e. The zero-order chi connectivity index (χ0) is 20.8. The minimum absolute atomic E-state index is 0.609. The predicted molar refractivity (Wildman–Crippen MR) is 118 cm³/mol. The Morgan fingerprint density at radius 3 is 2.68 bits per heavy atom. The molecule has 0 saturated carbocycles. The summed E-state index contributed by atoms with van der Waals surface area (Å²) in [6, 6.07) is 14.1. The van der Waals surface area contributed by atoms with Gasteiger partial charge in [0, 0.05) is 24.2 Å². The molecule has 0 aliphatic rings. The van der Waals surface area contributed by atoms with Gasteiger partial charge in [0.2, 0.25) is 0 Å². The van der Waals surface area contributed by atoms with Crippen LogP contribution in [0.15, 0.2) is 67.3 Å². The molecule has 0 unspecified atom stereocenters. The van der Waals surface area contributed by atoms with E-state index < -0.39 is 0 Å². The number of aromatic amines is 2. The zero-order valence-electron chi connectivity index (χ0n) is 16.5. The summed E-state index contributed by atoms with van der Waals surface area (Å²) < 4.78 is 0. The molecule has 0 aliphatic heterocycles. The van der Waals surface area contributed by atoms with Gasteiger partial charge in [0.25, 0.3) is 0 Å². The number of aryl methyl sites for hydroxylation is 1. The van der Waals surface area contributed by atoms with Crippen molar-refractivity contribution < 1.29 is 0 Å². The van der Waals surface area contributed by atoms with Crippen LogP contribution in [0, 0.1) is 6.92 Å². The lowest BCUT2D eigenvalue weighted by atomic mass is 10.0. The molecule has 0 bridgehead atoms. The third kappa shape index (κ3) is 2.93. The second-order valence-electron chi connectivity index (χ2n) is 7.27. The van der Waals surface area contributed by atoms with Gasteiger partial charge in [-0.15, -0.1) is 0 Å². The van der Waals surface area contributed by atoms with E-state index in [0.717, 1.165) is 27.9 Å². The summed E-state index contributed by atoms with van der Waals surface area (Å²) in [5.41, 5.74) is 8.38. The molecule has 6 aromatic rings. The summed E-state index contributed by atoms with van der Waals surface area (Å²) in [5.74, 6) is 0.609. The Balaban J connectivity index is 1.52. The first-order valence-corrected chi connectivity index (χ1v) is 9.80. The van der Waals surface area contributed by atoms with Gasteiger partial charge in [-0.2, -0.15) is 5.10 Å². The molecule has 5 heterocycles. The first-order valence-electron chi connectivity index (χ1n) is 9.80. The molecule has 1 aromatic carbocycles. The Morgan fingerprint density at radius 2 is 1.81 bits per heavy atom. The van der Waals surface area contributed by atoms with Crippen molar-refractivity contribution in [3.05, 3.63) is 72.8 Å². The maximum Gasteiger partial charge on any atom is 0.162 e. The number of hydrogen-bond acceptors (Lipinski definition) is 6. The normalized spacial score (nSPS) is 11.4. The number of pyridine rings is 2. The van der Waals surface area contributed by atoms with E-state index in [9.17, 15) is 0 Å². The molecule has 0 spiro atoms. The molecule has 0 radical (unpaired) electrons. The largest absolute Gasteiger partial charge is 0.321 e. The number of H-pyrrole nitrogens is 2. The van der Waals surface area contributed by atoms with E-state index in [1.165, 1.54) is 5.56 Å². The Kier molecular flexibility index (Phi) is 3.82. The van der Waals surface area contributed by atoms with Crippen LogP contribution >= 0.6 is 0 Å². The van der Waals surface area contributed by atoms with E-state index in [4.69, 9.17) is 9.97 Å². The number of imidazole rings is 1. The summed E-state index contributed by atoms with van der Waals surface area (Å²) in [5, 5.41) is 7.50. The Bertz CT molecular complexity index is 1550. The van der Waals surface area contributed by atoms with Gasteiger partial charge >= 0.3 is 0 Å². The molecule has 148 valence electrons. The molecular weight excluding hydrogens is 388 g/mol. The fourth-order valence-corrected chi connectivity index (χ4v) is 3.71. The van der Waals surface area contributed by atoms with E-state index in [1.54, 1.807) is 24.8 Å². The molecule has 5 aromatic heterocycles. The minimum atomic E-state index is 0.609. The summed E-state index contributed by atoms with van der Waals surface area (Å²) in [6.07, 6.45) is 6.76. The molecule has 8 heteroatoms. The number of benzene rings is 1. The van der Waals surface area contributed by atoms with E-state index in [0.29, 0.717) is 28.4 Å². The van der Waals surface area contributed by atoms with E-state index >= 15 is 0 Å². The Morgan fingerprint density at radius 1 is 0.839 bits per heavy atom. The first-order chi connectivity index (χ1) is 15.3. The standard InChI is InChI=1S/C23H16N8/c1-13-3-2-4-14(11-13)15-7-8-26-22-19(15)28-23(29-22)21-20-17(30-31-21)6-5-16(27-20)18-12-24-9-10-25-18/h2-12H,1H3,(H,30,31)(H,26,28,29). The van der Waals surface area contributed by atoms with Crippen LogP contribution in [0.25, 0.3) is 56.2 Å². The molecule has 6 rings (SSSR count). The topological polar surface area (TPSA) is 109 Å². The second-order valence-corrected chi connectivity index (χ2v) is 7.27. The highest BCUT2D eigenvalue weighted by atomic mass is 15.2. The van der Waals surface area contributed by atoms with Gasteiger partial charge in [-0.3, -0.25) is 15.1 Å². The van der Waals surface area contributed by atoms with Gasteiger partial charge in [0.15, 0.2) is 17.2 Å². The second kappa shape index (κ2) is 6.81. The van der Waals surface area contributed by atoms with Gasteiger partial charge in [0.05, 0.1) is 17.4 Å². The quantitative estimate of drug-likeness (QED) is 0.454. The summed E-state index contributed by atoms with van der Waals surface area (Å²) in [7, 11) is 0. The highest BCUT2D eigenvalue weighted by molar-refractivity contribution is 5.94. The van der Waals surface area contributed by atoms with E-state index in [2.05, 4.69) is 55.3 Å². The van der Waals surface area contributed by atoms with Crippen molar-refractivity contribution in [3.63, 3.8) is 0 Å². The molecular formula is C23H16N8. The molecule has 0 aliphatic carbocycles. The maximum atomic E-state index is 4.85. The Hall–Kier alpha value is -4.46. The van der Waals surface area contributed by atoms with Crippen LogP contribution in [-0.4, -0.2) is 40.1 Å². The van der Waals surface area contributed by atoms with Gasteiger partial charge in [0.1, 0.15) is 16.7 Å². The molecule has 0 saturated heterocycles. The van der Waals surface area contributed by atoms with Crippen LogP contribution in [0.5, 0.6) is 0 Å². The third-order valence-corrected chi connectivity index (χ3v) is 5.17. The molecule has 31 heavy (non-hydrogen) atoms. The van der Waals surface area contributed by atoms with E-state index in [1.807, 2.05) is 24.3 Å². The van der Waals surface area contributed by atoms with Crippen molar-refractivity contribution in [2.75, 3.05) is 0 Å². The highest BCUT2D eigenvalue weighted by Gasteiger charge is 2.17. The van der Waals surface area contributed by atoms with Crippen LogP contribution in [0.3, 0.4) is 0 Å². The van der Waals surface area contributed by atoms with Gasteiger partial charge in [-0.25, -0.2) is 15.0 Å². The lowest BCUT2D eigenvalue weighted by molar-refractivity contribution is 1.10. The van der Waals surface area contributed by atoms with Gasteiger partial charge in [-0.05, 0) is 30.7 Å². The number of hydrogen-bond donors (Lipinski definition) is 2. The summed E-state index contributed by atoms with van der Waals surface area (Å²) in [4.78, 5) is 25.9. The Labute approximate surface area is 176 Å². The van der Waals surface area contributed by atoms with Crippen LogP contribution in [-0.2, 0) is 0 Å². The average Bonchev–Trinajstić information content (AvgIpc) is 3.43. The molecule has 0 amide bonds. The average molecular weight is 404 g/mol. The first kappa shape index (κ1) is 17.4. The lowest BCUT2D eigenvalue weighted by Gasteiger charge is -2.03. The SMILES string of the molecule is Cc1cccc(-c2ccnc3[nH]c(-c4n[nH]c5ccc(-c6cnccn6)nc45)nc23)c1. The van der Waals surface area contributed by atoms with Crippen LogP contribution in [0.1, 0.15) is 5.56 Å². The molecule has 0 atom stereocenters. The molecule has 8 nitrogen and oxygen atoms in total. The van der Waals surface area contributed by atoms with Crippen molar-refractivity contribution in [3.8, 4) is 34.0 Å². The van der Waals surface area contributed by atoms with Crippen LogP contribution in [0.4, 0.5) is 0 Å². The summed E-state index contributed by atoms with van der Waals surface area (Å²) >= 11 is 0. The van der Waals surface area contributed by atoms with Crippen molar-refractivity contribution in [2.24, 2.45) is 0 Å². The van der Waals surface area contributed by atoms with E-state index in [-0.39, 0.29) is 0 Å². The maximum absolute atomic E-state index is 4.85. The number of nitrogens with one attached hydrogen (secondary N) is 2. The van der Waals surface area contributed by atoms with Gasteiger partial charge < -0.3 is 4.98 Å². The zero-order valence-corrected chi connectivity index (χ0v) is 16.5. The number of rotatable bonds is 3. The predicted octanol–water partition coefficient (Wildman–Crippen LogP) is 4.33. The number of fused-ring (bicyclic) bond motifs is 2.